The van der Waals surface area contributed by atoms with E-state index in [4.69, 9.17) is 9.47 Å². The van der Waals surface area contributed by atoms with Gasteiger partial charge in [-0.1, -0.05) is 18.2 Å². The van der Waals surface area contributed by atoms with Crippen molar-refractivity contribution in [1.29, 1.82) is 0 Å². The highest BCUT2D eigenvalue weighted by Gasteiger charge is 1.98. The summed E-state index contributed by atoms with van der Waals surface area (Å²) in [5.74, 6) is 0.651. The number of pyridine rings is 1. The van der Waals surface area contributed by atoms with Crippen molar-refractivity contribution < 1.29 is 9.47 Å². The van der Waals surface area contributed by atoms with Gasteiger partial charge in [-0.05, 0) is 19.1 Å². The number of para-hydroxylation sites is 1. The third-order valence-electron chi connectivity index (χ3n) is 2.25. The molecule has 0 radical (unpaired) electrons. The average molecular weight is 217 g/mol. The second-order valence-electron chi connectivity index (χ2n) is 3.39. The van der Waals surface area contributed by atoms with Crippen molar-refractivity contribution in [3.8, 4) is 5.88 Å². The van der Waals surface area contributed by atoms with Crippen LogP contribution in [-0.2, 0) is 4.74 Å². The monoisotopic (exact) mass is 217 g/mol. The summed E-state index contributed by atoms with van der Waals surface area (Å²) in [5, 5.41) is 1.12. The first-order valence-corrected chi connectivity index (χ1v) is 5.46. The van der Waals surface area contributed by atoms with E-state index in [0.717, 1.165) is 10.9 Å². The number of aromatic nitrogens is 1. The number of benzene rings is 1. The summed E-state index contributed by atoms with van der Waals surface area (Å²) < 4.78 is 10.7. The Bertz CT molecular complexity index is 456. The van der Waals surface area contributed by atoms with Gasteiger partial charge in [0.15, 0.2) is 0 Å². The molecular formula is C13H15NO2. The fourth-order valence-electron chi connectivity index (χ4n) is 1.48. The van der Waals surface area contributed by atoms with Crippen LogP contribution in [0.25, 0.3) is 10.9 Å². The quantitative estimate of drug-likeness (QED) is 0.721. The zero-order chi connectivity index (χ0) is 11.2. The highest BCUT2D eigenvalue weighted by Crippen LogP contribution is 2.15. The molecule has 2 aromatic rings. The molecule has 0 atom stereocenters. The maximum atomic E-state index is 5.48. The molecule has 0 saturated carbocycles. The normalized spacial score (nSPS) is 10.6. The molecule has 3 heteroatoms. The first kappa shape index (κ1) is 10.9. The molecule has 1 aromatic carbocycles. The Morgan fingerprint density at radius 1 is 1.06 bits per heavy atom. The fraction of sp³-hybridized carbons (Fsp3) is 0.308. The molecule has 0 bridgehead atoms. The van der Waals surface area contributed by atoms with Crippen LogP contribution in [0.4, 0.5) is 0 Å². The molecule has 2 rings (SSSR count). The SMILES string of the molecule is CCOCCOc1ccc2ccccc2n1. The lowest BCUT2D eigenvalue weighted by molar-refractivity contribution is 0.108. The molecular weight excluding hydrogens is 202 g/mol. The Kier molecular flexibility index (Phi) is 3.72. The van der Waals surface area contributed by atoms with E-state index in [-0.39, 0.29) is 0 Å². The summed E-state index contributed by atoms with van der Waals surface area (Å²) in [6, 6.07) is 11.9. The number of ether oxygens (including phenoxy) is 2. The summed E-state index contributed by atoms with van der Waals surface area (Å²) in [6.07, 6.45) is 0. The second kappa shape index (κ2) is 5.47. The lowest BCUT2D eigenvalue weighted by Crippen LogP contribution is -2.07. The van der Waals surface area contributed by atoms with Crippen LogP contribution in [0.2, 0.25) is 0 Å². The first-order chi connectivity index (χ1) is 7.90. The number of hydrogen-bond donors (Lipinski definition) is 0. The van der Waals surface area contributed by atoms with E-state index in [1.807, 2.05) is 43.3 Å². The number of fused-ring (bicyclic) bond motifs is 1. The predicted molar refractivity (Wildman–Crippen MR) is 63.7 cm³/mol. The minimum Gasteiger partial charge on any atom is -0.475 e. The predicted octanol–water partition coefficient (Wildman–Crippen LogP) is 2.65. The molecule has 0 fully saturated rings. The molecule has 84 valence electrons. The summed E-state index contributed by atoms with van der Waals surface area (Å²) in [7, 11) is 0. The molecule has 3 nitrogen and oxygen atoms in total. The molecule has 0 aliphatic carbocycles. The summed E-state index contributed by atoms with van der Waals surface area (Å²) in [6.45, 7) is 3.83. The van der Waals surface area contributed by atoms with Crippen molar-refractivity contribution in [3.63, 3.8) is 0 Å². The van der Waals surface area contributed by atoms with Gasteiger partial charge in [0.2, 0.25) is 5.88 Å². The van der Waals surface area contributed by atoms with Gasteiger partial charge in [-0.3, -0.25) is 0 Å². The van der Waals surface area contributed by atoms with Crippen LogP contribution in [0.5, 0.6) is 5.88 Å². The van der Waals surface area contributed by atoms with Gasteiger partial charge in [0, 0.05) is 18.1 Å². The van der Waals surface area contributed by atoms with Gasteiger partial charge < -0.3 is 9.47 Å². The molecule has 0 aliphatic heterocycles. The molecule has 1 aromatic heterocycles. The third-order valence-corrected chi connectivity index (χ3v) is 2.25. The second-order valence-corrected chi connectivity index (χ2v) is 3.39. The van der Waals surface area contributed by atoms with Crippen LogP contribution >= 0.6 is 0 Å². The highest BCUT2D eigenvalue weighted by molar-refractivity contribution is 5.78. The molecule has 16 heavy (non-hydrogen) atoms. The van der Waals surface area contributed by atoms with Gasteiger partial charge in [-0.2, -0.15) is 0 Å². The maximum absolute atomic E-state index is 5.48. The van der Waals surface area contributed by atoms with Crippen LogP contribution in [0.3, 0.4) is 0 Å². The van der Waals surface area contributed by atoms with Crippen molar-refractivity contribution >= 4 is 10.9 Å². The smallest absolute Gasteiger partial charge is 0.213 e. The van der Waals surface area contributed by atoms with Crippen molar-refractivity contribution in [3.05, 3.63) is 36.4 Å². The molecule has 0 spiro atoms. The first-order valence-electron chi connectivity index (χ1n) is 5.46. The zero-order valence-electron chi connectivity index (χ0n) is 9.35. The van der Waals surface area contributed by atoms with E-state index < -0.39 is 0 Å². The van der Waals surface area contributed by atoms with Crippen molar-refractivity contribution in [2.45, 2.75) is 6.92 Å². The van der Waals surface area contributed by atoms with Crippen LogP contribution in [0.15, 0.2) is 36.4 Å². The van der Waals surface area contributed by atoms with E-state index in [9.17, 15) is 0 Å². The molecule has 0 aliphatic rings. The Labute approximate surface area is 95.0 Å². The molecule has 0 amide bonds. The van der Waals surface area contributed by atoms with E-state index in [1.54, 1.807) is 0 Å². The standard InChI is InChI=1S/C13H15NO2/c1-2-15-9-10-16-13-8-7-11-5-3-4-6-12(11)14-13/h3-8H,2,9-10H2,1H3. The van der Waals surface area contributed by atoms with Crippen LogP contribution in [0, 0.1) is 0 Å². The van der Waals surface area contributed by atoms with Crippen molar-refractivity contribution in [2.24, 2.45) is 0 Å². The molecule has 0 N–H and O–H groups in total. The highest BCUT2D eigenvalue weighted by atomic mass is 16.5. The van der Waals surface area contributed by atoms with Crippen LogP contribution < -0.4 is 4.74 Å². The Morgan fingerprint density at radius 2 is 1.94 bits per heavy atom. The van der Waals surface area contributed by atoms with Gasteiger partial charge in [0.1, 0.15) is 6.61 Å². The summed E-state index contributed by atoms with van der Waals surface area (Å²) in [5.41, 5.74) is 0.955. The third kappa shape index (κ3) is 2.70. The van der Waals surface area contributed by atoms with Crippen LogP contribution in [0.1, 0.15) is 6.92 Å². The zero-order valence-corrected chi connectivity index (χ0v) is 9.35. The van der Waals surface area contributed by atoms with Crippen molar-refractivity contribution in [2.75, 3.05) is 19.8 Å². The maximum Gasteiger partial charge on any atom is 0.213 e. The van der Waals surface area contributed by atoms with E-state index >= 15 is 0 Å². The van der Waals surface area contributed by atoms with Gasteiger partial charge in [-0.15, -0.1) is 0 Å². The number of hydrogen-bond acceptors (Lipinski definition) is 3. The van der Waals surface area contributed by atoms with E-state index in [2.05, 4.69) is 4.98 Å². The van der Waals surface area contributed by atoms with E-state index in [0.29, 0.717) is 25.7 Å². The Hall–Kier alpha value is -1.61. The lowest BCUT2D eigenvalue weighted by Gasteiger charge is -2.05. The fourth-order valence-corrected chi connectivity index (χ4v) is 1.48. The molecule has 1 heterocycles. The average Bonchev–Trinajstić information content (AvgIpc) is 2.34. The van der Waals surface area contributed by atoms with Gasteiger partial charge >= 0.3 is 0 Å². The lowest BCUT2D eigenvalue weighted by atomic mass is 10.2. The molecule has 0 unspecified atom stereocenters. The van der Waals surface area contributed by atoms with Crippen LogP contribution in [-0.4, -0.2) is 24.8 Å². The number of rotatable bonds is 5. The van der Waals surface area contributed by atoms with Gasteiger partial charge in [0.05, 0.1) is 12.1 Å². The van der Waals surface area contributed by atoms with E-state index in [1.165, 1.54) is 0 Å². The Balaban J connectivity index is 2.02. The van der Waals surface area contributed by atoms with Crippen molar-refractivity contribution in [1.82, 2.24) is 4.98 Å². The van der Waals surface area contributed by atoms with Gasteiger partial charge in [-0.25, -0.2) is 4.98 Å². The summed E-state index contributed by atoms with van der Waals surface area (Å²) in [4.78, 5) is 4.40. The summed E-state index contributed by atoms with van der Waals surface area (Å²) >= 11 is 0. The topological polar surface area (TPSA) is 31.4 Å². The minimum atomic E-state index is 0.541. The number of nitrogens with zero attached hydrogens (tertiary/aromatic N) is 1. The minimum absolute atomic E-state index is 0.541. The Morgan fingerprint density at radius 3 is 2.81 bits per heavy atom. The molecule has 0 saturated heterocycles. The largest absolute Gasteiger partial charge is 0.475 e. The van der Waals surface area contributed by atoms with Gasteiger partial charge in [0.25, 0.3) is 0 Å².